The Labute approximate surface area is 106 Å². The van der Waals surface area contributed by atoms with Crippen LogP contribution in [-0.4, -0.2) is 12.0 Å². The van der Waals surface area contributed by atoms with Crippen LogP contribution in [0.15, 0.2) is 36.7 Å². The highest BCUT2D eigenvalue weighted by Crippen LogP contribution is 2.26. The molecule has 0 saturated carbocycles. The van der Waals surface area contributed by atoms with E-state index in [0.717, 1.165) is 11.3 Å². The van der Waals surface area contributed by atoms with E-state index in [-0.39, 0.29) is 5.82 Å². The Morgan fingerprint density at radius 2 is 1.94 bits per heavy atom. The minimum atomic E-state index is -0.270. The fourth-order valence-electron chi connectivity index (χ4n) is 1.86. The number of rotatable bonds is 3. The number of nitrogen functional groups attached to an aromatic ring is 1. The van der Waals surface area contributed by atoms with E-state index in [0.29, 0.717) is 17.8 Å². The third-order valence-electron chi connectivity index (χ3n) is 2.89. The molecule has 0 amide bonds. The zero-order chi connectivity index (χ0) is 13.1. The maximum atomic E-state index is 13.3. The van der Waals surface area contributed by atoms with E-state index in [2.05, 4.69) is 4.98 Å². The first kappa shape index (κ1) is 12.4. The number of anilines is 2. The van der Waals surface area contributed by atoms with Crippen LogP contribution >= 0.6 is 0 Å². The third-order valence-corrected chi connectivity index (χ3v) is 2.89. The van der Waals surface area contributed by atoms with Gasteiger partial charge in [-0.1, -0.05) is 0 Å². The summed E-state index contributed by atoms with van der Waals surface area (Å²) in [7, 11) is 1.93. The van der Waals surface area contributed by atoms with E-state index >= 15 is 0 Å². The molecular weight excluding hydrogens is 229 g/mol. The van der Waals surface area contributed by atoms with E-state index in [1.54, 1.807) is 25.4 Å². The molecule has 1 heterocycles. The Bertz CT molecular complexity index is 540. The van der Waals surface area contributed by atoms with Crippen LogP contribution in [0.4, 0.5) is 15.8 Å². The standard InChI is InChI=1S/C14H16FN3/c1-10-7-14(13(16)8-12(10)15)18(2)9-11-3-5-17-6-4-11/h3-8H,9,16H2,1-2H3. The van der Waals surface area contributed by atoms with Crippen molar-refractivity contribution in [1.82, 2.24) is 4.98 Å². The number of benzene rings is 1. The van der Waals surface area contributed by atoms with E-state index < -0.39 is 0 Å². The number of aromatic nitrogens is 1. The first-order valence-corrected chi connectivity index (χ1v) is 5.73. The van der Waals surface area contributed by atoms with Crippen molar-refractivity contribution < 1.29 is 4.39 Å². The number of hydrogen-bond acceptors (Lipinski definition) is 3. The SMILES string of the molecule is Cc1cc(N(C)Cc2ccncc2)c(N)cc1F. The first-order chi connectivity index (χ1) is 8.58. The van der Waals surface area contributed by atoms with Crippen LogP contribution < -0.4 is 10.6 Å². The lowest BCUT2D eigenvalue weighted by atomic mass is 10.1. The molecule has 0 fully saturated rings. The van der Waals surface area contributed by atoms with E-state index in [1.807, 2.05) is 24.1 Å². The minimum absolute atomic E-state index is 0.270. The fourth-order valence-corrected chi connectivity index (χ4v) is 1.86. The van der Waals surface area contributed by atoms with Gasteiger partial charge in [-0.2, -0.15) is 0 Å². The van der Waals surface area contributed by atoms with Gasteiger partial charge >= 0.3 is 0 Å². The largest absolute Gasteiger partial charge is 0.397 e. The molecule has 0 aliphatic rings. The predicted molar refractivity (Wildman–Crippen MR) is 71.9 cm³/mol. The minimum Gasteiger partial charge on any atom is -0.397 e. The highest BCUT2D eigenvalue weighted by atomic mass is 19.1. The van der Waals surface area contributed by atoms with Crippen molar-refractivity contribution in [2.45, 2.75) is 13.5 Å². The number of pyridine rings is 1. The van der Waals surface area contributed by atoms with Crippen molar-refractivity contribution in [2.24, 2.45) is 0 Å². The van der Waals surface area contributed by atoms with Gasteiger partial charge in [-0.05, 0) is 42.3 Å². The molecule has 2 rings (SSSR count). The number of halogens is 1. The summed E-state index contributed by atoms with van der Waals surface area (Å²) >= 11 is 0. The van der Waals surface area contributed by atoms with Crippen LogP contribution in [0, 0.1) is 12.7 Å². The Hall–Kier alpha value is -2.10. The molecule has 0 saturated heterocycles. The molecular formula is C14H16FN3. The van der Waals surface area contributed by atoms with E-state index in [9.17, 15) is 4.39 Å². The Morgan fingerprint density at radius 3 is 2.61 bits per heavy atom. The van der Waals surface area contributed by atoms with Crippen molar-refractivity contribution in [1.29, 1.82) is 0 Å². The highest BCUT2D eigenvalue weighted by molar-refractivity contribution is 5.68. The van der Waals surface area contributed by atoms with Crippen LogP contribution in [0.2, 0.25) is 0 Å². The van der Waals surface area contributed by atoms with Gasteiger partial charge in [-0.15, -0.1) is 0 Å². The lowest BCUT2D eigenvalue weighted by Crippen LogP contribution is -2.18. The molecule has 3 nitrogen and oxygen atoms in total. The Morgan fingerprint density at radius 1 is 1.28 bits per heavy atom. The molecule has 0 unspecified atom stereocenters. The highest BCUT2D eigenvalue weighted by Gasteiger charge is 2.09. The predicted octanol–water partition coefficient (Wildman–Crippen LogP) is 2.75. The van der Waals surface area contributed by atoms with Gasteiger partial charge in [-0.3, -0.25) is 4.98 Å². The van der Waals surface area contributed by atoms with Crippen LogP contribution in [0.1, 0.15) is 11.1 Å². The zero-order valence-corrected chi connectivity index (χ0v) is 10.5. The van der Waals surface area contributed by atoms with Gasteiger partial charge in [0.15, 0.2) is 0 Å². The van der Waals surface area contributed by atoms with E-state index in [4.69, 9.17) is 5.73 Å². The summed E-state index contributed by atoms with van der Waals surface area (Å²) in [6, 6.07) is 7.03. The average molecular weight is 245 g/mol. The second-order valence-corrected chi connectivity index (χ2v) is 4.37. The quantitative estimate of drug-likeness (QED) is 0.845. The van der Waals surface area contributed by atoms with Gasteiger partial charge < -0.3 is 10.6 Å². The maximum absolute atomic E-state index is 13.3. The molecule has 1 aromatic heterocycles. The molecule has 0 bridgehead atoms. The van der Waals surface area contributed by atoms with Gasteiger partial charge in [-0.25, -0.2) is 4.39 Å². The molecule has 18 heavy (non-hydrogen) atoms. The normalized spacial score (nSPS) is 10.4. The summed E-state index contributed by atoms with van der Waals surface area (Å²) in [5.41, 5.74) is 8.87. The smallest absolute Gasteiger partial charge is 0.128 e. The maximum Gasteiger partial charge on any atom is 0.128 e. The summed E-state index contributed by atoms with van der Waals surface area (Å²) in [5.74, 6) is -0.270. The van der Waals surface area contributed by atoms with Crippen LogP contribution in [0.3, 0.4) is 0 Å². The van der Waals surface area contributed by atoms with Crippen LogP contribution in [-0.2, 0) is 6.54 Å². The zero-order valence-electron chi connectivity index (χ0n) is 10.5. The van der Waals surface area contributed by atoms with Crippen molar-refractivity contribution in [3.63, 3.8) is 0 Å². The van der Waals surface area contributed by atoms with Gasteiger partial charge in [0.25, 0.3) is 0 Å². The summed E-state index contributed by atoms with van der Waals surface area (Å²) < 4.78 is 13.3. The molecule has 94 valence electrons. The number of nitrogens with zero attached hydrogens (tertiary/aromatic N) is 2. The Balaban J connectivity index is 2.24. The van der Waals surface area contributed by atoms with E-state index in [1.165, 1.54) is 6.07 Å². The van der Waals surface area contributed by atoms with Crippen molar-refractivity contribution in [2.75, 3.05) is 17.7 Å². The van der Waals surface area contributed by atoms with Crippen LogP contribution in [0.5, 0.6) is 0 Å². The summed E-state index contributed by atoms with van der Waals surface area (Å²) in [5, 5.41) is 0. The second-order valence-electron chi connectivity index (χ2n) is 4.37. The lowest BCUT2D eigenvalue weighted by molar-refractivity contribution is 0.619. The van der Waals surface area contributed by atoms with Crippen molar-refractivity contribution in [3.05, 3.63) is 53.6 Å². The molecule has 1 aromatic carbocycles. The summed E-state index contributed by atoms with van der Waals surface area (Å²) in [6.07, 6.45) is 3.50. The van der Waals surface area contributed by atoms with Gasteiger partial charge in [0.05, 0.1) is 11.4 Å². The molecule has 4 heteroatoms. The molecule has 0 aliphatic heterocycles. The number of hydrogen-bond donors (Lipinski definition) is 1. The second kappa shape index (κ2) is 5.04. The van der Waals surface area contributed by atoms with Gasteiger partial charge in [0, 0.05) is 26.0 Å². The van der Waals surface area contributed by atoms with Gasteiger partial charge in [0.2, 0.25) is 0 Å². The first-order valence-electron chi connectivity index (χ1n) is 5.73. The molecule has 2 N–H and O–H groups in total. The van der Waals surface area contributed by atoms with Crippen molar-refractivity contribution >= 4 is 11.4 Å². The monoisotopic (exact) mass is 245 g/mol. The lowest BCUT2D eigenvalue weighted by Gasteiger charge is -2.22. The third kappa shape index (κ3) is 2.59. The topological polar surface area (TPSA) is 42.2 Å². The molecule has 0 atom stereocenters. The molecule has 0 radical (unpaired) electrons. The van der Waals surface area contributed by atoms with Gasteiger partial charge in [0.1, 0.15) is 5.82 Å². The molecule has 0 spiro atoms. The Kier molecular flexibility index (Phi) is 3.46. The molecule has 0 aliphatic carbocycles. The number of aryl methyl sites for hydroxylation is 1. The van der Waals surface area contributed by atoms with Crippen LogP contribution in [0.25, 0.3) is 0 Å². The summed E-state index contributed by atoms with van der Waals surface area (Å²) in [6.45, 7) is 2.44. The average Bonchev–Trinajstić information content (AvgIpc) is 2.35. The fraction of sp³-hybridized carbons (Fsp3) is 0.214. The number of nitrogens with two attached hydrogens (primary N) is 1. The molecule has 2 aromatic rings. The summed E-state index contributed by atoms with van der Waals surface area (Å²) in [4.78, 5) is 5.97. The van der Waals surface area contributed by atoms with Crippen molar-refractivity contribution in [3.8, 4) is 0 Å².